The number of amides is 1. The van der Waals surface area contributed by atoms with Crippen LogP contribution in [0.15, 0.2) is 0 Å². The SMILES string of the molecule is CC(=O)N[C@@H](CC(=O)O)C(C)(C)C. The van der Waals surface area contributed by atoms with E-state index in [1.165, 1.54) is 6.92 Å². The van der Waals surface area contributed by atoms with Crippen molar-refractivity contribution < 1.29 is 14.7 Å². The first-order valence-electron chi connectivity index (χ1n) is 4.22. The largest absolute Gasteiger partial charge is 0.481 e. The first kappa shape index (κ1) is 11.9. The number of carboxylic acid groups (broad SMARTS) is 1. The average molecular weight is 187 g/mol. The van der Waals surface area contributed by atoms with E-state index in [9.17, 15) is 9.59 Å². The lowest BCUT2D eigenvalue weighted by Crippen LogP contribution is -2.44. The van der Waals surface area contributed by atoms with Crippen LogP contribution < -0.4 is 5.32 Å². The van der Waals surface area contributed by atoms with Crippen molar-refractivity contribution in [2.45, 2.75) is 40.2 Å². The number of aliphatic carboxylic acids is 1. The molecule has 13 heavy (non-hydrogen) atoms. The van der Waals surface area contributed by atoms with Crippen molar-refractivity contribution in [3.63, 3.8) is 0 Å². The molecule has 0 fully saturated rings. The number of nitrogens with one attached hydrogen (secondary N) is 1. The number of carbonyl (C=O) groups excluding carboxylic acids is 1. The van der Waals surface area contributed by atoms with Gasteiger partial charge in [-0.05, 0) is 5.41 Å². The molecular formula is C9H17NO3. The van der Waals surface area contributed by atoms with E-state index in [1.807, 2.05) is 20.8 Å². The number of carbonyl (C=O) groups is 2. The predicted molar refractivity (Wildman–Crippen MR) is 49.3 cm³/mol. The zero-order valence-corrected chi connectivity index (χ0v) is 8.55. The molecule has 0 unspecified atom stereocenters. The zero-order chi connectivity index (χ0) is 10.6. The van der Waals surface area contributed by atoms with E-state index in [0.717, 1.165) is 0 Å². The minimum atomic E-state index is -0.895. The van der Waals surface area contributed by atoms with E-state index in [0.29, 0.717) is 0 Å². The monoisotopic (exact) mass is 187 g/mol. The highest BCUT2D eigenvalue weighted by Gasteiger charge is 2.27. The normalized spacial score (nSPS) is 13.5. The van der Waals surface area contributed by atoms with Crippen LogP contribution in [0, 0.1) is 5.41 Å². The van der Waals surface area contributed by atoms with Crippen LogP contribution >= 0.6 is 0 Å². The molecule has 0 aromatic heterocycles. The summed E-state index contributed by atoms with van der Waals surface area (Å²) in [6.07, 6.45) is -0.0386. The van der Waals surface area contributed by atoms with Crippen LogP contribution in [0.1, 0.15) is 34.1 Å². The second-order valence-electron chi connectivity index (χ2n) is 4.22. The molecule has 4 heteroatoms. The Hall–Kier alpha value is -1.06. The fraction of sp³-hybridized carbons (Fsp3) is 0.778. The summed E-state index contributed by atoms with van der Waals surface area (Å²) in [4.78, 5) is 21.3. The maximum Gasteiger partial charge on any atom is 0.305 e. The van der Waals surface area contributed by atoms with Gasteiger partial charge in [0.1, 0.15) is 0 Å². The van der Waals surface area contributed by atoms with Crippen LogP contribution in [0.5, 0.6) is 0 Å². The van der Waals surface area contributed by atoms with Crippen molar-refractivity contribution in [3.8, 4) is 0 Å². The van der Waals surface area contributed by atoms with Crippen molar-refractivity contribution in [3.05, 3.63) is 0 Å². The lowest BCUT2D eigenvalue weighted by Gasteiger charge is -2.29. The molecule has 0 saturated heterocycles. The van der Waals surface area contributed by atoms with Crippen LogP contribution in [0.4, 0.5) is 0 Å². The van der Waals surface area contributed by atoms with Gasteiger partial charge in [-0.25, -0.2) is 0 Å². The molecular weight excluding hydrogens is 170 g/mol. The molecule has 1 amide bonds. The summed E-state index contributed by atoms with van der Waals surface area (Å²) < 4.78 is 0. The maximum absolute atomic E-state index is 10.8. The first-order valence-corrected chi connectivity index (χ1v) is 4.22. The molecule has 76 valence electrons. The van der Waals surface area contributed by atoms with Gasteiger partial charge in [0.05, 0.1) is 6.42 Å². The Kier molecular flexibility index (Phi) is 3.91. The molecule has 0 radical (unpaired) electrons. The summed E-state index contributed by atoms with van der Waals surface area (Å²) in [6, 6.07) is -0.317. The summed E-state index contributed by atoms with van der Waals surface area (Å²) in [5.74, 6) is -1.09. The third kappa shape index (κ3) is 5.22. The third-order valence-corrected chi connectivity index (χ3v) is 1.80. The van der Waals surface area contributed by atoms with E-state index in [4.69, 9.17) is 5.11 Å². The van der Waals surface area contributed by atoms with Gasteiger partial charge in [0, 0.05) is 13.0 Å². The number of hydrogen-bond acceptors (Lipinski definition) is 2. The van der Waals surface area contributed by atoms with E-state index in [-0.39, 0.29) is 23.8 Å². The van der Waals surface area contributed by atoms with Gasteiger partial charge in [0.25, 0.3) is 0 Å². The third-order valence-electron chi connectivity index (χ3n) is 1.80. The van der Waals surface area contributed by atoms with Gasteiger partial charge in [0.2, 0.25) is 5.91 Å². The Labute approximate surface area is 78.3 Å². The van der Waals surface area contributed by atoms with Gasteiger partial charge in [-0.15, -0.1) is 0 Å². The molecule has 0 aromatic carbocycles. The van der Waals surface area contributed by atoms with Crippen LogP contribution in [0.3, 0.4) is 0 Å². The predicted octanol–water partition coefficient (Wildman–Crippen LogP) is 1.01. The Balaban J connectivity index is 4.37. The molecule has 1 atom stereocenters. The fourth-order valence-corrected chi connectivity index (χ4v) is 0.994. The van der Waals surface area contributed by atoms with E-state index in [1.54, 1.807) is 0 Å². The van der Waals surface area contributed by atoms with Crippen LogP contribution in [-0.4, -0.2) is 23.0 Å². The Morgan fingerprint density at radius 2 is 1.85 bits per heavy atom. The number of hydrogen-bond donors (Lipinski definition) is 2. The molecule has 0 heterocycles. The topological polar surface area (TPSA) is 66.4 Å². The lowest BCUT2D eigenvalue weighted by molar-refractivity contribution is -0.138. The second-order valence-corrected chi connectivity index (χ2v) is 4.22. The highest BCUT2D eigenvalue weighted by Crippen LogP contribution is 2.21. The Bertz CT molecular complexity index is 189. The van der Waals surface area contributed by atoms with Crippen LogP contribution in [0.25, 0.3) is 0 Å². The lowest BCUT2D eigenvalue weighted by atomic mass is 9.85. The smallest absolute Gasteiger partial charge is 0.305 e. The minimum absolute atomic E-state index is 0.0386. The van der Waals surface area contributed by atoms with E-state index >= 15 is 0 Å². The van der Waals surface area contributed by atoms with E-state index in [2.05, 4.69) is 5.32 Å². The fourth-order valence-electron chi connectivity index (χ4n) is 0.994. The molecule has 0 rings (SSSR count). The van der Waals surface area contributed by atoms with Gasteiger partial charge < -0.3 is 10.4 Å². The Morgan fingerprint density at radius 3 is 2.08 bits per heavy atom. The molecule has 0 aromatic rings. The summed E-state index contributed by atoms with van der Waals surface area (Å²) in [6.45, 7) is 7.09. The standard InChI is InChI=1S/C9H17NO3/c1-6(11)10-7(5-8(12)13)9(2,3)4/h7H,5H2,1-4H3,(H,10,11)(H,12,13)/t7-/m0/s1. The molecule has 4 nitrogen and oxygen atoms in total. The zero-order valence-electron chi connectivity index (χ0n) is 8.55. The molecule has 0 aliphatic carbocycles. The second kappa shape index (κ2) is 4.25. The Morgan fingerprint density at radius 1 is 1.38 bits per heavy atom. The first-order chi connectivity index (χ1) is 5.73. The molecule has 0 saturated carbocycles. The molecule has 0 spiro atoms. The quantitative estimate of drug-likeness (QED) is 0.693. The van der Waals surface area contributed by atoms with Crippen molar-refractivity contribution in [2.24, 2.45) is 5.41 Å². The molecule has 0 aliphatic heterocycles. The summed E-state index contributed by atoms with van der Waals surface area (Å²) in [5, 5.41) is 11.2. The van der Waals surface area contributed by atoms with Gasteiger partial charge in [0.15, 0.2) is 0 Å². The van der Waals surface area contributed by atoms with Gasteiger partial charge >= 0.3 is 5.97 Å². The maximum atomic E-state index is 10.8. The van der Waals surface area contributed by atoms with Crippen molar-refractivity contribution in [1.29, 1.82) is 0 Å². The molecule has 0 bridgehead atoms. The van der Waals surface area contributed by atoms with Crippen LogP contribution in [-0.2, 0) is 9.59 Å². The number of carboxylic acids is 1. The summed E-state index contributed by atoms with van der Waals surface area (Å²) >= 11 is 0. The number of rotatable bonds is 3. The minimum Gasteiger partial charge on any atom is -0.481 e. The average Bonchev–Trinajstić information content (AvgIpc) is 1.81. The van der Waals surface area contributed by atoms with E-state index < -0.39 is 5.97 Å². The molecule has 0 aliphatic rings. The van der Waals surface area contributed by atoms with Gasteiger partial charge in [-0.2, -0.15) is 0 Å². The van der Waals surface area contributed by atoms with Crippen molar-refractivity contribution >= 4 is 11.9 Å². The summed E-state index contributed by atoms with van der Waals surface area (Å²) in [7, 11) is 0. The molecule has 2 N–H and O–H groups in total. The van der Waals surface area contributed by atoms with Crippen molar-refractivity contribution in [1.82, 2.24) is 5.32 Å². The van der Waals surface area contributed by atoms with Crippen LogP contribution in [0.2, 0.25) is 0 Å². The highest BCUT2D eigenvalue weighted by atomic mass is 16.4. The summed E-state index contributed by atoms with van der Waals surface area (Å²) in [5.41, 5.74) is -0.232. The van der Waals surface area contributed by atoms with Crippen molar-refractivity contribution in [2.75, 3.05) is 0 Å². The highest BCUT2D eigenvalue weighted by molar-refractivity contribution is 5.75. The van der Waals surface area contributed by atoms with Gasteiger partial charge in [-0.1, -0.05) is 20.8 Å². The van der Waals surface area contributed by atoms with Gasteiger partial charge in [-0.3, -0.25) is 9.59 Å².